The summed E-state index contributed by atoms with van der Waals surface area (Å²) in [5.74, 6) is 0.967. The van der Waals surface area contributed by atoms with Gasteiger partial charge < -0.3 is 9.42 Å². The Labute approximate surface area is 156 Å². The smallest absolute Gasteiger partial charge is 0.227 e. The van der Waals surface area contributed by atoms with Gasteiger partial charge in [-0.15, -0.1) is 0 Å². The number of benzene rings is 2. The van der Waals surface area contributed by atoms with Crippen LogP contribution in [0.3, 0.4) is 0 Å². The van der Waals surface area contributed by atoms with Crippen molar-refractivity contribution < 1.29 is 9.32 Å². The Bertz CT molecular complexity index is 938. The number of aryl methyl sites for hydroxylation is 2. The number of nitrogens with zero attached hydrogens (tertiary/aromatic N) is 3. The van der Waals surface area contributed by atoms with Crippen molar-refractivity contribution >= 4 is 23.2 Å². The van der Waals surface area contributed by atoms with Crippen LogP contribution in [0.4, 0.5) is 5.69 Å². The van der Waals surface area contributed by atoms with Crippen molar-refractivity contribution in [2.24, 2.45) is 0 Å². The fourth-order valence-corrected chi connectivity index (χ4v) is 3.47. The Morgan fingerprint density at radius 2 is 1.96 bits per heavy atom. The summed E-state index contributed by atoms with van der Waals surface area (Å²) in [7, 11) is 0. The zero-order valence-electron chi connectivity index (χ0n) is 14.2. The topological polar surface area (TPSA) is 59.2 Å². The molecule has 0 atom stereocenters. The summed E-state index contributed by atoms with van der Waals surface area (Å²) in [5, 5.41) is 4.55. The highest BCUT2D eigenvalue weighted by molar-refractivity contribution is 6.33. The molecular weight excluding hydrogens is 350 g/mol. The lowest BCUT2D eigenvalue weighted by molar-refractivity contribution is -0.118. The van der Waals surface area contributed by atoms with E-state index in [1.165, 1.54) is 5.56 Å². The van der Waals surface area contributed by atoms with Crippen molar-refractivity contribution in [3.8, 4) is 11.4 Å². The highest BCUT2D eigenvalue weighted by Crippen LogP contribution is 2.28. The van der Waals surface area contributed by atoms with Crippen LogP contribution in [-0.4, -0.2) is 22.6 Å². The van der Waals surface area contributed by atoms with Gasteiger partial charge in [0.15, 0.2) is 0 Å². The highest BCUT2D eigenvalue weighted by Gasteiger charge is 2.22. The second-order valence-electron chi connectivity index (χ2n) is 6.27. The summed E-state index contributed by atoms with van der Waals surface area (Å²) >= 11 is 6.16. The Morgan fingerprint density at radius 3 is 2.85 bits per heavy atom. The van der Waals surface area contributed by atoms with E-state index >= 15 is 0 Å². The molecule has 1 aromatic heterocycles. The van der Waals surface area contributed by atoms with E-state index in [1.807, 2.05) is 41.3 Å². The maximum absolute atomic E-state index is 12.7. The van der Waals surface area contributed by atoms with E-state index in [9.17, 15) is 4.79 Å². The third kappa shape index (κ3) is 3.35. The molecule has 0 fully saturated rings. The van der Waals surface area contributed by atoms with Crippen LogP contribution in [-0.2, 0) is 17.6 Å². The molecule has 2 aromatic carbocycles. The van der Waals surface area contributed by atoms with Crippen LogP contribution in [0.15, 0.2) is 53.1 Å². The van der Waals surface area contributed by atoms with Crippen molar-refractivity contribution in [2.75, 3.05) is 11.4 Å². The Hall–Kier alpha value is -2.66. The first-order valence-corrected chi connectivity index (χ1v) is 9.06. The SMILES string of the molecule is O=C(CCc1nc(-c2ccccc2Cl)no1)N1CCCc2ccccc21. The highest BCUT2D eigenvalue weighted by atomic mass is 35.5. The van der Waals surface area contributed by atoms with E-state index in [0.717, 1.165) is 30.6 Å². The van der Waals surface area contributed by atoms with Crippen molar-refractivity contribution in [1.29, 1.82) is 0 Å². The summed E-state index contributed by atoms with van der Waals surface area (Å²) in [4.78, 5) is 18.9. The normalized spacial score (nSPS) is 13.5. The van der Waals surface area contributed by atoms with Crippen molar-refractivity contribution in [2.45, 2.75) is 25.7 Å². The molecule has 5 nitrogen and oxygen atoms in total. The van der Waals surface area contributed by atoms with Gasteiger partial charge in [0.1, 0.15) is 0 Å². The Balaban J connectivity index is 1.44. The molecule has 0 spiro atoms. The lowest BCUT2D eigenvalue weighted by Crippen LogP contribution is -2.35. The molecule has 0 N–H and O–H groups in total. The van der Waals surface area contributed by atoms with Gasteiger partial charge in [0.25, 0.3) is 0 Å². The van der Waals surface area contributed by atoms with Crippen LogP contribution < -0.4 is 4.90 Å². The second-order valence-corrected chi connectivity index (χ2v) is 6.68. The number of carbonyl (C=O) groups excluding carboxylic acids is 1. The number of halogens is 1. The Kier molecular flexibility index (Phi) is 4.71. The van der Waals surface area contributed by atoms with Crippen LogP contribution in [0.25, 0.3) is 11.4 Å². The molecule has 132 valence electrons. The fraction of sp³-hybridized carbons (Fsp3) is 0.250. The van der Waals surface area contributed by atoms with E-state index < -0.39 is 0 Å². The minimum Gasteiger partial charge on any atom is -0.339 e. The number of para-hydroxylation sites is 1. The number of aromatic nitrogens is 2. The van der Waals surface area contributed by atoms with Gasteiger partial charge >= 0.3 is 0 Å². The molecule has 3 aromatic rings. The van der Waals surface area contributed by atoms with E-state index in [-0.39, 0.29) is 5.91 Å². The molecule has 4 rings (SSSR count). The number of fused-ring (bicyclic) bond motifs is 1. The molecule has 0 saturated carbocycles. The van der Waals surface area contributed by atoms with Gasteiger partial charge in [-0.2, -0.15) is 4.98 Å². The maximum Gasteiger partial charge on any atom is 0.227 e. The summed E-state index contributed by atoms with van der Waals surface area (Å²) in [6.45, 7) is 0.755. The Morgan fingerprint density at radius 1 is 1.15 bits per heavy atom. The molecule has 0 aliphatic carbocycles. The molecule has 1 amide bonds. The van der Waals surface area contributed by atoms with E-state index in [0.29, 0.717) is 29.6 Å². The molecule has 0 unspecified atom stereocenters. The fourth-order valence-electron chi connectivity index (χ4n) is 3.25. The van der Waals surface area contributed by atoms with E-state index in [1.54, 1.807) is 6.07 Å². The quantitative estimate of drug-likeness (QED) is 0.689. The molecule has 2 heterocycles. The average molecular weight is 368 g/mol. The largest absolute Gasteiger partial charge is 0.339 e. The summed E-state index contributed by atoms with van der Waals surface area (Å²) in [6.07, 6.45) is 2.75. The molecule has 1 aliphatic heterocycles. The van der Waals surface area contributed by atoms with Gasteiger partial charge in [-0.3, -0.25) is 4.79 Å². The molecule has 0 bridgehead atoms. The standard InChI is InChI=1S/C20H18ClN3O2/c21-16-9-3-2-8-15(16)20-22-18(26-23-20)11-12-19(25)24-13-5-7-14-6-1-4-10-17(14)24/h1-4,6,8-10H,5,7,11-13H2. The monoisotopic (exact) mass is 367 g/mol. The van der Waals surface area contributed by atoms with Crippen LogP contribution in [0.2, 0.25) is 5.02 Å². The van der Waals surface area contributed by atoms with Gasteiger partial charge in [0, 0.05) is 30.6 Å². The van der Waals surface area contributed by atoms with Crippen molar-refractivity contribution in [3.05, 3.63) is 65.0 Å². The molecule has 0 saturated heterocycles. The zero-order valence-corrected chi connectivity index (χ0v) is 14.9. The first-order valence-electron chi connectivity index (χ1n) is 8.68. The second kappa shape index (κ2) is 7.30. The average Bonchev–Trinajstić information content (AvgIpc) is 3.15. The predicted octanol–water partition coefficient (Wildman–Crippen LogP) is 4.30. The first kappa shape index (κ1) is 16.8. The van der Waals surface area contributed by atoms with E-state index in [2.05, 4.69) is 16.2 Å². The maximum atomic E-state index is 12.7. The summed E-state index contributed by atoms with van der Waals surface area (Å²) in [5.41, 5.74) is 2.97. The van der Waals surface area contributed by atoms with E-state index in [4.69, 9.17) is 16.1 Å². The molecule has 6 heteroatoms. The van der Waals surface area contributed by atoms with Gasteiger partial charge in [-0.05, 0) is 36.6 Å². The molecular formula is C20H18ClN3O2. The third-order valence-corrected chi connectivity index (χ3v) is 4.88. The van der Waals surface area contributed by atoms with Crippen molar-refractivity contribution in [1.82, 2.24) is 10.1 Å². The minimum absolute atomic E-state index is 0.0784. The first-order chi connectivity index (χ1) is 12.7. The van der Waals surface area contributed by atoms with Gasteiger partial charge in [-0.25, -0.2) is 0 Å². The molecule has 26 heavy (non-hydrogen) atoms. The third-order valence-electron chi connectivity index (χ3n) is 4.55. The summed E-state index contributed by atoms with van der Waals surface area (Å²) < 4.78 is 5.29. The van der Waals surface area contributed by atoms with Gasteiger partial charge in [-0.1, -0.05) is 47.1 Å². The number of hydrogen-bond acceptors (Lipinski definition) is 4. The molecule has 1 aliphatic rings. The lowest BCUT2D eigenvalue weighted by Gasteiger charge is -2.29. The number of amides is 1. The van der Waals surface area contributed by atoms with Crippen molar-refractivity contribution in [3.63, 3.8) is 0 Å². The minimum atomic E-state index is 0.0784. The number of anilines is 1. The lowest BCUT2D eigenvalue weighted by atomic mass is 10.0. The van der Waals surface area contributed by atoms with Gasteiger partial charge in [0.05, 0.1) is 5.02 Å². The van der Waals surface area contributed by atoms with Gasteiger partial charge in [0.2, 0.25) is 17.6 Å². The number of carbonyl (C=O) groups is 1. The predicted molar refractivity (Wildman–Crippen MR) is 100 cm³/mol. The number of hydrogen-bond donors (Lipinski definition) is 0. The summed E-state index contributed by atoms with van der Waals surface area (Å²) in [6, 6.07) is 15.4. The van der Waals surface area contributed by atoms with Crippen LogP contribution in [0.5, 0.6) is 0 Å². The zero-order chi connectivity index (χ0) is 17.9. The van der Waals surface area contributed by atoms with Crippen LogP contribution in [0, 0.1) is 0 Å². The molecule has 0 radical (unpaired) electrons. The van der Waals surface area contributed by atoms with Crippen LogP contribution >= 0.6 is 11.6 Å². The van der Waals surface area contributed by atoms with Crippen LogP contribution in [0.1, 0.15) is 24.3 Å². The number of rotatable bonds is 4.